The fourth-order valence-electron chi connectivity index (χ4n) is 4.13. The van der Waals surface area contributed by atoms with Crippen molar-refractivity contribution in [2.75, 3.05) is 5.32 Å². The van der Waals surface area contributed by atoms with E-state index < -0.39 is 71.8 Å². The Labute approximate surface area is 194 Å². The Morgan fingerprint density at radius 3 is 2.46 bits per heavy atom. The Hall–Kier alpha value is -2.93. The minimum atomic E-state index is -4.98. The number of hydrogen-bond acceptors (Lipinski definition) is 4. The van der Waals surface area contributed by atoms with E-state index in [-0.39, 0.29) is 11.3 Å². The molecule has 13 heteroatoms. The van der Waals surface area contributed by atoms with E-state index in [1.165, 1.54) is 18.2 Å². The normalized spacial score (nSPS) is 31.2. The Kier molecular flexibility index (Phi) is 6.81. The van der Waals surface area contributed by atoms with Gasteiger partial charge in [0.1, 0.15) is 0 Å². The molecule has 1 aromatic carbocycles. The zero-order valence-corrected chi connectivity index (χ0v) is 18.4. The van der Waals surface area contributed by atoms with Crippen molar-refractivity contribution < 1.29 is 49.8 Å². The van der Waals surface area contributed by atoms with E-state index in [2.05, 4.69) is 10.1 Å². The number of nitrogens with one attached hydrogen (secondary N) is 1. The van der Waals surface area contributed by atoms with Gasteiger partial charge in [0, 0.05) is 17.7 Å². The maximum absolute atomic E-state index is 15.0. The van der Waals surface area contributed by atoms with Crippen LogP contribution >= 0.6 is 0 Å². The van der Waals surface area contributed by atoms with Crippen LogP contribution in [-0.4, -0.2) is 41.7 Å². The number of amides is 2. The number of alkyl halides is 6. The Bertz CT molecular complexity index is 1090. The molecule has 35 heavy (non-hydrogen) atoms. The molecule has 3 N–H and O–H groups in total. The highest BCUT2D eigenvalue weighted by atomic mass is 19.4. The Morgan fingerprint density at radius 2 is 1.91 bits per heavy atom. The number of rotatable bonds is 6. The summed E-state index contributed by atoms with van der Waals surface area (Å²) < 4.78 is 105. The van der Waals surface area contributed by atoms with Crippen LogP contribution in [0.5, 0.6) is 0 Å². The minimum Gasteiger partial charge on any atom is -0.366 e. The molecule has 2 aliphatic rings. The number of anilines is 1. The van der Waals surface area contributed by atoms with Crippen molar-refractivity contribution in [3.8, 4) is 0 Å². The summed E-state index contributed by atoms with van der Waals surface area (Å²) in [6.07, 6.45) is -5.79. The van der Waals surface area contributed by atoms with Crippen LogP contribution in [0.2, 0.25) is 0 Å². The lowest BCUT2D eigenvalue weighted by molar-refractivity contribution is -0.282. The Balaban J connectivity index is 2.09. The number of benzene rings is 1. The summed E-state index contributed by atoms with van der Waals surface area (Å²) in [5.74, 6) is -8.93. The summed E-state index contributed by atoms with van der Waals surface area (Å²) in [5.41, 5.74) is -0.900. The lowest BCUT2D eigenvalue weighted by Gasteiger charge is -2.38. The summed E-state index contributed by atoms with van der Waals surface area (Å²) in [6.45, 7) is -1.92. The van der Waals surface area contributed by atoms with Gasteiger partial charge in [-0.05, 0) is 49.1 Å². The first kappa shape index (κ1) is 26.7. The molecule has 0 spiro atoms. The van der Waals surface area contributed by atoms with Crippen molar-refractivity contribution in [1.29, 1.82) is 0 Å². The van der Waals surface area contributed by atoms with Crippen LogP contribution in [-0.2, 0) is 14.3 Å². The second-order valence-corrected chi connectivity index (χ2v) is 8.53. The molecule has 3 rings (SSSR count). The predicted molar refractivity (Wildman–Crippen MR) is 108 cm³/mol. The van der Waals surface area contributed by atoms with Crippen LogP contribution in [0.15, 0.2) is 47.8 Å². The zero-order chi connectivity index (χ0) is 26.4. The van der Waals surface area contributed by atoms with Crippen molar-refractivity contribution in [1.82, 2.24) is 0 Å². The third-order valence-corrected chi connectivity index (χ3v) is 6.25. The molecule has 1 aliphatic heterocycles. The molecule has 0 unspecified atom stereocenters. The number of carbonyl (C=O) groups excluding carboxylic acids is 2. The number of halogens is 7. The van der Waals surface area contributed by atoms with Crippen LogP contribution in [0.1, 0.15) is 37.0 Å². The molecule has 0 radical (unpaired) electrons. The molecule has 192 valence electrons. The highest BCUT2D eigenvalue weighted by Gasteiger charge is 2.68. The van der Waals surface area contributed by atoms with Gasteiger partial charge in [0.05, 0.1) is 0 Å². The largest absolute Gasteiger partial charge is 0.417 e. The van der Waals surface area contributed by atoms with Crippen LogP contribution in [0.25, 0.3) is 0 Å². The SMILES string of the molecule is C[C@@H]1C[C@@](C(=O)Nc2cccc(C(N)=O)c2)(C2=CC=C(F)[C@](F)(OC(F)F)C2)O[C@@]1(C)C(F)(F)F. The van der Waals surface area contributed by atoms with Gasteiger partial charge in [-0.2, -0.15) is 22.0 Å². The lowest BCUT2D eigenvalue weighted by Crippen LogP contribution is -2.52. The summed E-state index contributed by atoms with van der Waals surface area (Å²) in [7, 11) is 0. The molecular weight excluding hydrogens is 489 g/mol. The maximum atomic E-state index is 15.0. The van der Waals surface area contributed by atoms with Gasteiger partial charge < -0.3 is 15.8 Å². The van der Waals surface area contributed by atoms with E-state index in [1.54, 1.807) is 0 Å². The summed E-state index contributed by atoms with van der Waals surface area (Å²) in [4.78, 5) is 24.8. The van der Waals surface area contributed by atoms with Gasteiger partial charge in [-0.1, -0.05) is 19.1 Å². The van der Waals surface area contributed by atoms with Gasteiger partial charge in [-0.25, -0.2) is 8.78 Å². The van der Waals surface area contributed by atoms with Gasteiger partial charge in [-0.15, -0.1) is 0 Å². The van der Waals surface area contributed by atoms with Gasteiger partial charge in [0.15, 0.2) is 17.0 Å². The van der Waals surface area contributed by atoms with E-state index in [4.69, 9.17) is 10.5 Å². The van der Waals surface area contributed by atoms with Crippen molar-refractivity contribution in [3.63, 3.8) is 0 Å². The first-order valence-corrected chi connectivity index (χ1v) is 10.2. The number of allylic oxidation sites excluding steroid dienone is 2. The average Bonchev–Trinajstić information content (AvgIpc) is 3.03. The standard InChI is InChI=1S/C22H21F7N2O4/c1-11-9-20(35-19(11,2)22(27,28)29,13-6-7-15(23)21(26,10-13)34-18(24)25)17(33)31-14-5-3-4-12(8-14)16(30)32/h3-8,11,18H,9-10H2,1-2H3,(H2,30,32)(H,31,33)/t11-,19-,20+,21-/m1/s1. The molecule has 1 fully saturated rings. The van der Waals surface area contributed by atoms with Crippen molar-refractivity contribution >= 4 is 17.5 Å². The average molecular weight is 510 g/mol. The monoisotopic (exact) mass is 510 g/mol. The third-order valence-electron chi connectivity index (χ3n) is 6.25. The molecule has 2 amide bonds. The minimum absolute atomic E-state index is 0.0346. The summed E-state index contributed by atoms with van der Waals surface area (Å²) in [6, 6.07) is 5.09. The van der Waals surface area contributed by atoms with Crippen LogP contribution in [0.3, 0.4) is 0 Å². The number of primary amides is 1. The maximum Gasteiger partial charge on any atom is 0.417 e. The van der Waals surface area contributed by atoms with E-state index in [9.17, 15) is 40.3 Å². The molecule has 0 aromatic heterocycles. The second kappa shape index (κ2) is 8.94. The van der Waals surface area contributed by atoms with Crippen molar-refractivity contribution in [2.45, 2.75) is 56.5 Å². The van der Waals surface area contributed by atoms with Crippen molar-refractivity contribution in [3.05, 3.63) is 53.4 Å². The molecule has 4 atom stereocenters. The number of ether oxygens (including phenoxy) is 2. The first-order valence-electron chi connectivity index (χ1n) is 10.2. The third kappa shape index (κ3) is 4.79. The Morgan fingerprint density at radius 1 is 1.26 bits per heavy atom. The molecule has 1 saturated heterocycles. The second-order valence-electron chi connectivity index (χ2n) is 8.53. The molecule has 0 saturated carbocycles. The quantitative estimate of drug-likeness (QED) is 0.532. The predicted octanol–water partition coefficient (Wildman–Crippen LogP) is 4.93. The number of nitrogens with two attached hydrogens (primary N) is 1. The lowest BCUT2D eigenvalue weighted by atomic mass is 9.79. The highest BCUT2D eigenvalue weighted by molar-refractivity contribution is 6.01. The first-order chi connectivity index (χ1) is 16.0. The zero-order valence-electron chi connectivity index (χ0n) is 18.4. The van der Waals surface area contributed by atoms with Gasteiger partial charge in [-0.3, -0.25) is 14.3 Å². The molecule has 0 bridgehead atoms. The van der Waals surface area contributed by atoms with Crippen LogP contribution in [0, 0.1) is 5.92 Å². The molecule has 1 heterocycles. The van der Waals surface area contributed by atoms with Gasteiger partial charge in [0.2, 0.25) is 5.91 Å². The van der Waals surface area contributed by atoms with E-state index in [0.717, 1.165) is 19.1 Å². The van der Waals surface area contributed by atoms with Gasteiger partial charge >= 0.3 is 12.8 Å². The van der Waals surface area contributed by atoms with E-state index in [1.807, 2.05) is 0 Å². The molecule has 1 aromatic rings. The summed E-state index contributed by atoms with van der Waals surface area (Å²) >= 11 is 0. The number of carbonyl (C=O) groups is 2. The van der Waals surface area contributed by atoms with E-state index >= 15 is 0 Å². The molecular formula is C22H21F7N2O4. The summed E-state index contributed by atoms with van der Waals surface area (Å²) in [5, 5.41) is 2.30. The van der Waals surface area contributed by atoms with E-state index in [0.29, 0.717) is 13.0 Å². The van der Waals surface area contributed by atoms with Gasteiger partial charge in [0.25, 0.3) is 11.8 Å². The smallest absolute Gasteiger partial charge is 0.366 e. The van der Waals surface area contributed by atoms with Crippen LogP contribution < -0.4 is 11.1 Å². The van der Waals surface area contributed by atoms with Crippen LogP contribution in [0.4, 0.5) is 36.4 Å². The fourth-order valence-corrected chi connectivity index (χ4v) is 4.13. The topological polar surface area (TPSA) is 90.7 Å². The molecule has 6 nitrogen and oxygen atoms in total. The fraction of sp³-hybridized carbons (Fsp3) is 0.455. The van der Waals surface area contributed by atoms with Crippen molar-refractivity contribution in [2.24, 2.45) is 11.7 Å². The molecule has 1 aliphatic carbocycles. The number of hydrogen-bond donors (Lipinski definition) is 2. The highest BCUT2D eigenvalue weighted by Crippen LogP contribution is 2.55.